The fraction of sp³-hybridized carbons (Fsp3) is 0.375. The molecule has 0 radical (unpaired) electrons. The van der Waals surface area contributed by atoms with Crippen LogP contribution in [0.4, 0.5) is 21.7 Å². The van der Waals surface area contributed by atoms with Crippen molar-refractivity contribution in [3.8, 4) is 23.2 Å². The zero-order valence-corrected chi connectivity index (χ0v) is 25.0. The number of aromatic amines is 1. The van der Waals surface area contributed by atoms with Gasteiger partial charge in [-0.15, -0.1) is 0 Å². The summed E-state index contributed by atoms with van der Waals surface area (Å²) in [5, 5.41) is 13.1. The van der Waals surface area contributed by atoms with E-state index in [2.05, 4.69) is 58.2 Å². The quantitative estimate of drug-likeness (QED) is 0.298. The number of hydrogen-bond donors (Lipinski definition) is 2. The number of nitriles is 1. The Hall–Kier alpha value is -5.13. The van der Waals surface area contributed by atoms with E-state index in [4.69, 9.17) is 9.47 Å². The first-order valence-corrected chi connectivity index (χ1v) is 15.3. The molecule has 2 N–H and O–H groups in total. The number of hydrogen-bond acceptors (Lipinski definition) is 11. The Labute approximate surface area is 265 Å². The summed E-state index contributed by atoms with van der Waals surface area (Å²) in [6.45, 7) is 5.93. The van der Waals surface area contributed by atoms with Gasteiger partial charge in [-0.2, -0.15) is 10.2 Å². The third kappa shape index (κ3) is 6.33. The summed E-state index contributed by atoms with van der Waals surface area (Å²) in [6.07, 6.45) is 2.30. The number of rotatable bonds is 8. The van der Waals surface area contributed by atoms with Crippen molar-refractivity contribution in [2.75, 3.05) is 62.7 Å². The van der Waals surface area contributed by atoms with Crippen molar-refractivity contribution in [1.29, 1.82) is 5.26 Å². The standard InChI is InChI=1S/C32H33FN10O3/c33-26-16-43(31(44)27-15-35-19-36-27)8-7-29(26)46-28-6-1-21(13-22(28)14-34)30-37-20-38-32(40-30)39-23-2-4-24(5-3-23)41-9-11-42(12-10-41)25-17-45-18-25/h1-6,13,15,19-20,25-26,29H,7-12,16-18H2,(H,35,36)(H,37,38,39,40)/t26-,29-/m0/s1. The van der Waals surface area contributed by atoms with Gasteiger partial charge in [0.15, 0.2) is 12.0 Å². The lowest BCUT2D eigenvalue weighted by molar-refractivity contribution is -0.0660. The van der Waals surface area contributed by atoms with Crippen molar-refractivity contribution < 1.29 is 18.7 Å². The van der Waals surface area contributed by atoms with Crippen LogP contribution in [0.25, 0.3) is 11.4 Å². The first kappa shape index (κ1) is 29.6. The maximum Gasteiger partial charge on any atom is 0.272 e. The SMILES string of the molecule is N#Cc1cc(-c2ncnc(Nc3ccc(N4CCN(C5COC5)CC4)cc3)n2)ccc1O[C@H]1CCN(C(=O)c2cnc[nH]2)C[C@@H]1F. The van der Waals surface area contributed by atoms with Crippen LogP contribution in [0.1, 0.15) is 22.5 Å². The van der Waals surface area contributed by atoms with Crippen LogP contribution in [0.3, 0.4) is 0 Å². The highest BCUT2D eigenvalue weighted by molar-refractivity contribution is 5.92. The number of likely N-dealkylation sites (tertiary alicyclic amines) is 1. The summed E-state index contributed by atoms with van der Waals surface area (Å²) in [5.74, 6) is 0.692. The van der Waals surface area contributed by atoms with E-state index in [0.29, 0.717) is 35.6 Å². The van der Waals surface area contributed by atoms with Crippen molar-refractivity contribution in [2.45, 2.75) is 24.7 Å². The normalized spacial score (nSPS) is 20.5. The number of aromatic nitrogens is 5. The van der Waals surface area contributed by atoms with Gasteiger partial charge in [-0.25, -0.2) is 19.3 Å². The van der Waals surface area contributed by atoms with Crippen LogP contribution in [0.5, 0.6) is 5.75 Å². The molecule has 1 amide bonds. The monoisotopic (exact) mass is 624 g/mol. The van der Waals surface area contributed by atoms with Crippen molar-refractivity contribution in [3.63, 3.8) is 0 Å². The number of amides is 1. The van der Waals surface area contributed by atoms with Crippen LogP contribution >= 0.6 is 0 Å². The van der Waals surface area contributed by atoms with E-state index in [1.54, 1.807) is 18.2 Å². The molecule has 5 heterocycles. The molecule has 7 rings (SSSR count). The number of nitrogens with zero attached hydrogens (tertiary/aromatic N) is 8. The molecule has 0 spiro atoms. The van der Waals surface area contributed by atoms with Gasteiger partial charge in [0.05, 0.1) is 43.9 Å². The molecule has 3 aliphatic heterocycles. The van der Waals surface area contributed by atoms with Crippen LogP contribution in [0, 0.1) is 11.3 Å². The minimum atomic E-state index is -1.42. The Morgan fingerprint density at radius 1 is 1.09 bits per heavy atom. The molecule has 2 atom stereocenters. The van der Waals surface area contributed by atoms with Crippen molar-refractivity contribution in [1.82, 2.24) is 34.7 Å². The molecule has 4 aromatic rings. The number of piperazine rings is 1. The van der Waals surface area contributed by atoms with Crippen LogP contribution < -0.4 is 15.0 Å². The van der Waals surface area contributed by atoms with Crippen molar-refractivity contribution >= 4 is 23.2 Å². The largest absolute Gasteiger partial charge is 0.486 e. The Morgan fingerprint density at radius 3 is 2.61 bits per heavy atom. The fourth-order valence-corrected chi connectivity index (χ4v) is 5.93. The highest BCUT2D eigenvalue weighted by Crippen LogP contribution is 2.29. The Balaban J connectivity index is 0.968. The number of H-pyrrole nitrogens is 1. The highest BCUT2D eigenvalue weighted by Gasteiger charge is 2.34. The number of carbonyl (C=O) groups is 1. The maximum absolute atomic E-state index is 15.1. The average Bonchev–Trinajstić information content (AvgIpc) is 3.61. The van der Waals surface area contributed by atoms with E-state index >= 15 is 4.39 Å². The summed E-state index contributed by atoms with van der Waals surface area (Å²) in [5.41, 5.74) is 3.14. The van der Waals surface area contributed by atoms with Gasteiger partial charge < -0.3 is 29.6 Å². The third-order valence-corrected chi connectivity index (χ3v) is 8.65. The number of alkyl halides is 1. The fourth-order valence-electron chi connectivity index (χ4n) is 5.93. The number of piperidine rings is 1. The number of imidazole rings is 1. The predicted molar refractivity (Wildman–Crippen MR) is 167 cm³/mol. The molecule has 0 unspecified atom stereocenters. The van der Waals surface area contributed by atoms with Crippen LogP contribution in [-0.4, -0.2) is 111 Å². The molecular weight excluding hydrogens is 591 g/mol. The van der Waals surface area contributed by atoms with E-state index in [1.165, 1.54) is 29.4 Å². The maximum atomic E-state index is 15.1. The second-order valence-corrected chi connectivity index (χ2v) is 11.5. The van der Waals surface area contributed by atoms with E-state index in [9.17, 15) is 10.1 Å². The Kier molecular flexibility index (Phi) is 8.41. The van der Waals surface area contributed by atoms with Crippen LogP contribution in [-0.2, 0) is 4.74 Å². The molecule has 0 aliphatic carbocycles. The van der Waals surface area contributed by atoms with Gasteiger partial charge in [-0.05, 0) is 42.5 Å². The molecular formula is C32H33FN10O3. The van der Waals surface area contributed by atoms with Crippen LogP contribution in [0.2, 0.25) is 0 Å². The second kappa shape index (κ2) is 13.1. The first-order valence-electron chi connectivity index (χ1n) is 15.3. The Morgan fingerprint density at radius 2 is 1.91 bits per heavy atom. The number of carbonyl (C=O) groups excluding carboxylic acids is 1. The molecule has 14 heteroatoms. The molecule has 3 aliphatic rings. The van der Waals surface area contributed by atoms with E-state index in [-0.39, 0.29) is 30.2 Å². The van der Waals surface area contributed by atoms with Crippen molar-refractivity contribution in [2.24, 2.45) is 0 Å². The summed E-state index contributed by atoms with van der Waals surface area (Å²) in [7, 11) is 0. The van der Waals surface area contributed by atoms with Gasteiger partial charge in [0.2, 0.25) is 5.95 Å². The van der Waals surface area contributed by atoms with Gasteiger partial charge in [-0.1, -0.05) is 0 Å². The van der Waals surface area contributed by atoms with E-state index < -0.39 is 12.3 Å². The minimum Gasteiger partial charge on any atom is -0.486 e. The minimum absolute atomic E-state index is 0.112. The number of nitrogens with one attached hydrogen (secondary N) is 2. The van der Waals surface area contributed by atoms with Gasteiger partial charge in [0, 0.05) is 56.1 Å². The summed E-state index contributed by atoms with van der Waals surface area (Å²) in [6, 6.07) is 15.9. The topological polar surface area (TPSA) is 148 Å². The molecule has 46 heavy (non-hydrogen) atoms. The Bertz CT molecular complexity index is 1700. The number of benzene rings is 2. The molecule has 0 saturated carbocycles. The summed E-state index contributed by atoms with van der Waals surface area (Å²) in [4.78, 5) is 38.6. The zero-order chi connectivity index (χ0) is 31.5. The van der Waals surface area contributed by atoms with Gasteiger partial charge in [-0.3, -0.25) is 9.69 Å². The van der Waals surface area contributed by atoms with Crippen molar-refractivity contribution in [3.05, 3.63) is 72.6 Å². The zero-order valence-electron chi connectivity index (χ0n) is 25.0. The van der Waals surface area contributed by atoms with E-state index in [0.717, 1.165) is 45.1 Å². The number of ether oxygens (including phenoxy) is 2. The van der Waals surface area contributed by atoms with Gasteiger partial charge in [0.25, 0.3) is 5.91 Å². The lowest BCUT2D eigenvalue weighted by Gasteiger charge is -2.43. The molecule has 2 aromatic heterocycles. The lowest BCUT2D eigenvalue weighted by atomic mass is 10.0. The number of halogens is 1. The third-order valence-electron chi connectivity index (χ3n) is 8.65. The first-order chi connectivity index (χ1) is 22.5. The van der Waals surface area contributed by atoms with Gasteiger partial charge in [0.1, 0.15) is 29.9 Å². The molecule has 0 bridgehead atoms. The highest BCUT2D eigenvalue weighted by atomic mass is 19.1. The van der Waals surface area contributed by atoms with Crippen LogP contribution in [0.15, 0.2) is 61.3 Å². The molecule has 236 valence electrons. The summed E-state index contributed by atoms with van der Waals surface area (Å²) >= 11 is 0. The molecule has 3 saturated heterocycles. The van der Waals surface area contributed by atoms with Gasteiger partial charge >= 0.3 is 0 Å². The predicted octanol–water partition coefficient (Wildman–Crippen LogP) is 3.03. The average molecular weight is 625 g/mol. The molecule has 3 fully saturated rings. The lowest BCUT2D eigenvalue weighted by Crippen LogP contribution is -2.56. The summed E-state index contributed by atoms with van der Waals surface area (Å²) < 4.78 is 26.4. The molecule has 2 aromatic carbocycles. The number of anilines is 3. The molecule has 13 nitrogen and oxygen atoms in total. The van der Waals surface area contributed by atoms with E-state index in [1.807, 2.05) is 12.1 Å². The smallest absolute Gasteiger partial charge is 0.272 e. The second-order valence-electron chi connectivity index (χ2n) is 11.5.